The number of thioether (sulfide) groups is 1. The molecule has 0 N–H and O–H groups in total. The molecule has 0 aliphatic carbocycles. The van der Waals surface area contributed by atoms with Gasteiger partial charge in [0.15, 0.2) is 5.13 Å². The number of piperidine rings is 1. The van der Waals surface area contributed by atoms with Gasteiger partial charge in [0.2, 0.25) is 10.0 Å². The second-order valence-electron chi connectivity index (χ2n) is 10.1. The van der Waals surface area contributed by atoms with Gasteiger partial charge < -0.3 is 4.90 Å². The van der Waals surface area contributed by atoms with Crippen molar-refractivity contribution in [2.75, 3.05) is 50.4 Å². The maximum absolute atomic E-state index is 13.8. The fraction of sp³-hybridized carbons (Fsp3) is 0.500. The molecule has 1 amide bonds. The van der Waals surface area contributed by atoms with Crippen LogP contribution < -0.4 is 4.90 Å². The third-order valence-corrected chi connectivity index (χ3v) is 10.8. The monoisotopic (exact) mass is 610 g/mol. The Morgan fingerprint density at radius 2 is 1.69 bits per heavy atom. The lowest BCUT2D eigenvalue weighted by Gasteiger charge is -2.34. The Labute approximate surface area is 247 Å². The van der Waals surface area contributed by atoms with E-state index < -0.39 is 10.0 Å². The number of aromatic nitrogens is 1. The summed E-state index contributed by atoms with van der Waals surface area (Å²) >= 11 is 3.19. The summed E-state index contributed by atoms with van der Waals surface area (Å²) < 4.78 is 29.3. The van der Waals surface area contributed by atoms with Crippen molar-refractivity contribution < 1.29 is 13.2 Å². The van der Waals surface area contributed by atoms with E-state index in [2.05, 4.69) is 38.7 Å². The molecule has 214 valence electrons. The highest BCUT2D eigenvalue weighted by atomic mass is 35.5. The van der Waals surface area contributed by atoms with E-state index in [0.717, 1.165) is 41.2 Å². The first kappa shape index (κ1) is 31.8. The van der Waals surface area contributed by atoms with Gasteiger partial charge in [-0.05, 0) is 80.1 Å². The second kappa shape index (κ2) is 13.8. The lowest BCUT2D eigenvalue weighted by Crippen LogP contribution is -2.42. The van der Waals surface area contributed by atoms with Crippen molar-refractivity contribution in [2.24, 2.45) is 11.8 Å². The minimum atomic E-state index is -3.61. The summed E-state index contributed by atoms with van der Waals surface area (Å²) in [4.78, 5) is 24.0. The molecule has 7 nitrogen and oxygen atoms in total. The molecule has 2 atom stereocenters. The van der Waals surface area contributed by atoms with Crippen molar-refractivity contribution >= 4 is 66.8 Å². The standard InChI is InChI=1S/C28H38N4O3S3.ClH/c1-6-30(7-2)14-15-32(28-29-25-13-10-23(36-5)17-26(25)37-28)27(33)22-8-11-24(12-9-22)38(34,35)31-18-20(3)16-21(4)19-31;/h8-13,17,20-21H,6-7,14-16,18-19H2,1-5H3;1H. The Balaban J connectivity index is 0.00000420. The number of carbonyl (C=O) groups excluding carboxylic acids is 1. The second-order valence-corrected chi connectivity index (χ2v) is 13.9. The molecule has 2 unspecified atom stereocenters. The fourth-order valence-corrected chi connectivity index (χ4v) is 8.30. The van der Waals surface area contributed by atoms with Crippen molar-refractivity contribution in [3.63, 3.8) is 0 Å². The zero-order chi connectivity index (χ0) is 27.4. The van der Waals surface area contributed by atoms with Crippen LogP contribution in [0, 0.1) is 11.8 Å². The average Bonchev–Trinajstić information content (AvgIpc) is 3.33. The molecule has 4 rings (SSSR count). The molecule has 0 saturated carbocycles. The normalized spacial score (nSPS) is 18.3. The Kier molecular flexibility index (Phi) is 11.3. The van der Waals surface area contributed by atoms with Crippen LogP contribution in [0.2, 0.25) is 0 Å². The predicted molar refractivity (Wildman–Crippen MR) is 166 cm³/mol. The zero-order valence-electron chi connectivity index (χ0n) is 23.3. The van der Waals surface area contributed by atoms with Crippen LogP contribution in [-0.2, 0) is 10.0 Å². The number of thiazole rings is 1. The molecule has 1 aliphatic rings. The number of sulfonamides is 1. The minimum absolute atomic E-state index is 0. The van der Waals surface area contributed by atoms with Gasteiger partial charge in [-0.3, -0.25) is 9.69 Å². The number of likely N-dealkylation sites (N-methyl/N-ethyl adjacent to an activating group) is 1. The average molecular weight is 611 g/mol. The molecule has 1 saturated heterocycles. The first-order valence-electron chi connectivity index (χ1n) is 13.2. The van der Waals surface area contributed by atoms with Crippen molar-refractivity contribution in [2.45, 2.75) is 43.9 Å². The number of rotatable bonds is 10. The molecule has 0 spiro atoms. The van der Waals surface area contributed by atoms with Gasteiger partial charge in [0.25, 0.3) is 5.91 Å². The molecule has 1 fully saturated rings. The fourth-order valence-electron chi connectivity index (χ4n) is 5.08. The maximum Gasteiger partial charge on any atom is 0.260 e. The topological polar surface area (TPSA) is 73.8 Å². The van der Waals surface area contributed by atoms with Crippen LogP contribution in [0.4, 0.5) is 5.13 Å². The van der Waals surface area contributed by atoms with Crippen LogP contribution in [0.1, 0.15) is 44.5 Å². The van der Waals surface area contributed by atoms with E-state index in [1.165, 1.54) is 11.3 Å². The van der Waals surface area contributed by atoms with Gasteiger partial charge in [-0.1, -0.05) is 39.0 Å². The number of carbonyl (C=O) groups is 1. The van der Waals surface area contributed by atoms with Crippen LogP contribution in [0.25, 0.3) is 10.2 Å². The number of anilines is 1. The third kappa shape index (κ3) is 7.34. The van der Waals surface area contributed by atoms with Crippen molar-refractivity contribution in [1.82, 2.24) is 14.2 Å². The largest absolute Gasteiger partial charge is 0.302 e. The highest BCUT2D eigenvalue weighted by Gasteiger charge is 2.32. The molecule has 1 aliphatic heterocycles. The smallest absolute Gasteiger partial charge is 0.260 e. The van der Waals surface area contributed by atoms with Gasteiger partial charge in [0.1, 0.15) is 0 Å². The summed E-state index contributed by atoms with van der Waals surface area (Å²) in [5.41, 5.74) is 1.32. The van der Waals surface area contributed by atoms with Gasteiger partial charge in [0.05, 0.1) is 15.1 Å². The van der Waals surface area contributed by atoms with Crippen LogP contribution in [0.15, 0.2) is 52.3 Å². The van der Waals surface area contributed by atoms with Crippen LogP contribution in [-0.4, -0.2) is 74.0 Å². The molecular weight excluding hydrogens is 572 g/mol. The summed E-state index contributed by atoms with van der Waals surface area (Å²) in [6.45, 7) is 12.5. The van der Waals surface area contributed by atoms with Gasteiger partial charge in [-0.2, -0.15) is 4.31 Å². The Hall–Kier alpha value is -1.69. The number of amides is 1. The molecule has 39 heavy (non-hydrogen) atoms. The van der Waals surface area contributed by atoms with Gasteiger partial charge in [-0.15, -0.1) is 24.2 Å². The maximum atomic E-state index is 13.8. The number of hydrogen-bond acceptors (Lipinski definition) is 7. The number of fused-ring (bicyclic) bond motifs is 1. The number of benzene rings is 2. The molecule has 3 aromatic rings. The van der Waals surface area contributed by atoms with Gasteiger partial charge in [-0.25, -0.2) is 13.4 Å². The number of halogens is 1. The Morgan fingerprint density at radius 1 is 1.05 bits per heavy atom. The quantitative estimate of drug-likeness (QED) is 0.259. The highest BCUT2D eigenvalue weighted by molar-refractivity contribution is 7.98. The summed E-state index contributed by atoms with van der Waals surface area (Å²) in [6.07, 6.45) is 3.08. The SMILES string of the molecule is CCN(CC)CCN(C(=O)c1ccc(S(=O)(=O)N2CC(C)CC(C)C2)cc1)c1nc2ccc(SC)cc2s1.Cl. The van der Waals surface area contributed by atoms with Gasteiger partial charge in [0, 0.05) is 36.6 Å². The number of nitrogens with zero attached hydrogens (tertiary/aromatic N) is 4. The lowest BCUT2D eigenvalue weighted by atomic mass is 9.94. The summed E-state index contributed by atoms with van der Waals surface area (Å²) in [7, 11) is -3.61. The van der Waals surface area contributed by atoms with E-state index in [0.29, 0.717) is 42.2 Å². The van der Waals surface area contributed by atoms with E-state index in [4.69, 9.17) is 4.98 Å². The van der Waals surface area contributed by atoms with Crippen molar-refractivity contribution in [3.05, 3.63) is 48.0 Å². The van der Waals surface area contributed by atoms with Crippen molar-refractivity contribution in [1.29, 1.82) is 0 Å². The van der Waals surface area contributed by atoms with E-state index in [1.54, 1.807) is 45.2 Å². The molecule has 11 heteroatoms. The van der Waals surface area contributed by atoms with E-state index >= 15 is 0 Å². The van der Waals surface area contributed by atoms with Crippen LogP contribution in [0.5, 0.6) is 0 Å². The van der Waals surface area contributed by atoms with E-state index in [1.807, 2.05) is 18.4 Å². The van der Waals surface area contributed by atoms with Crippen LogP contribution >= 0.6 is 35.5 Å². The third-order valence-electron chi connectivity index (χ3n) is 7.17. The molecule has 0 radical (unpaired) electrons. The zero-order valence-corrected chi connectivity index (χ0v) is 26.6. The Morgan fingerprint density at radius 3 is 2.28 bits per heavy atom. The van der Waals surface area contributed by atoms with E-state index in [-0.39, 0.29) is 23.2 Å². The molecule has 0 bridgehead atoms. The molecular formula is C28H39ClN4O3S3. The summed E-state index contributed by atoms with van der Waals surface area (Å²) in [6, 6.07) is 12.6. The summed E-state index contributed by atoms with van der Waals surface area (Å²) in [5, 5.41) is 0.656. The molecule has 1 aromatic heterocycles. The Bertz CT molecular complexity index is 1350. The lowest BCUT2D eigenvalue weighted by molar-refractivity contribution is 0.0983. The highest BCUT2D eigenvalue weighted by Crippen LogP contribution is 2.33. The minimum Gasteiger partial charge on any atom is -0.302 e. The van der Waals surface area contributed by atoms with Crippen LogP contribution in [0.3, 0.4) is 0 Å². The van der Waals surface area contributed by atoms with E-state index in [9.17, 15) is 13.2 Å². The first-order chi connectivity index (χ1) is 18.2. The predicted octanol–water partition coefficient (Wildman–Crippen LogP) is 6.10. The molecule has 2 aromatic carbocycles. The van der Waals surface area contributed by atoms with Gasteiger partial charge >= 0.3 is 0 Å². The summed E-state index contributed by atoms with van der Waals surface area (Å²) in [5.74, 6) is 0.481. The number of hydrogen-bond donors (Lipinski definition) is 0. The van der Waals surface area contributed by atoms with Crippen molar-refractivity contribution in [3.8, 4) is 0 Å². The molecule has 2 heterocycles. The first-order valence-corrected chi connectivity index (χ1v) is 16.7.